The SMILES string of the molecule is [2H]c1c([2H])c([2H])c(N(c2cccc3c2oc2ccccc23)c2ccc3c4cc5c(cc4n4c6ccccc6c2c34)c2ccc(N(c3c([2H])c([2H])c([2H])c([2H])c3[2H])c3cccc4c3oc3ccccc34)c3c4ccccc4n5c23)c([2H])c1[2H]. The minimum Gasteiger partial charge on any atom is -0.454 e. The van der Waals surface area contributed by atoms with Crippen molar-refractivity contribution in [2.45, 2.75) is 0 Å². The lowest BCUT2D eigenvalue weighted by Gasteiger charge is -2.26. The van der Waals surface area contributed by atoms with Crippen LogP contribution >= 0.6 is 0 Å². The molecule has 0 bridgehead atoms. The van der Waals surface area contributed by atoms with E-state index in [1.54, 1.807) is 9.80 Å². The number of aromatic nitrogens is 2. The van der Waals surface area contributed by atoms with Crippen molar-refractivity contribution in [3.8, 4) is 0 Å². The summed E-state index contributed by atoms with van der Waals surface area (Å²) in [6, 6.07) is 51.6. The second-order valence-electron chi connectivity index (χ2n) is 18.4. The first kappa shape index (κ1) is 30.0. The molecule has 0 saturated heterocycles. The molecule has 0 saturated carbocycles. The highest BCUT2D eigenvalue weighted by atomic mass is 16.3. The van der Waals surface area contributed by atoms with E-state index in [0.717, 1.165) is 97.7 Å². The molecule has 334 valence electrons. The fourth-order valence-electron chi connectivity index (χ4n) is 12.1. The van der Waals surface area contributed by atoms with Crippen molar-refractivity contribution in [3.05, 3.63) is 230 Å². The van der Waals surface area contributed by atoms with E-state index in [-0.39, 0.29) is 35.5 Å². The van der Waals surface area contributed by atoms with Gasteiger partial charge < -0.3 is 27.4 Å². The van der Waals surface area contributed by atoms with E-state index in [2.05, 4.69) is 57.3 Å². The summed E-state index contributed by atoms with van der Waals surface area (Å²) >= 11 is 0. The summed E-state index contributed by atoms with van der Waals surface area (Å²) in [6.45, 7) is 0. The summed E-state index contributed by atoms with van der Waals surface area (Å²) in [5.41, 5.74) is 9.93. The molecule has 6 heteroatoms. The summed E-state index contributed by atoms with van der Waals surface area (Å²) in [5.74, 6) is 0. The van der Waals surface area contributed by atoms with Gasteiger partial charge in [0.2, 0.25) is 0 Å². The lowest BCUT2D eigenvalue weighted by Crippen LogP contribution is -2.10. The van der Waals surface area contributed by atoms with Gasteiger partial charge in [-0.05, 0) is 84.8 Å². The van der Waals surface area contributed by atoms with E-state index < -0.39 is 36.3 Å². The average molecular weight is 929 g/mol. The Bertz CT molecular complexity index is 5300. The molecule has 6 nitrogen and oxygen atoms in total. The van der Waals surface area contributed by atoms with Crippen LogP contribution in [0.2, 0.25) is 0 Å². The van der Waals surface area contributed by atoms with Gasteiger partial charge in [0.1, 0.15) is 11.2 Å². The van der Waals surface area contributed by atoms with Crippen molar-refractivity contribution in [1.82, 2.24) is 8.80 Å². The molecule has 6 heterocycles. The zero-order valence-electron chi connectivity index (χ0n) is 47.8. The Morgan fingerprint density at radius 1 is 0.319 bits per heavy atom. The second kappa shape index (κ2) is 13.9. The van der Waals surface area contributed by atoms with Crippen LogP contribution in [-0.4, -0.2) is 8.80 Å². The van der Waals surface area contributed by atoms with Gasteiger partial charge in [-0.2, -0.15) is 0 Å². The van der Waals surface area contributed by atoms with Crippen LogP contribution in [0.1, 0.15) is 13.7 Å². The maximum Gasteiger partial charge on any atom is 0.159 e. The fourth-order valence-corrected chi connectivity index (χ4v) is 12.1. The summed E-state index contributed by atoms with van der Waals surface area (Å²) in [4.78, 5) is 3.56. The Balaban J connectivity index is 0.970. The maximum atomic E-state index is 9.46. The molecule has 0 atom stereocenters. The molecule has 0 unspecified atom stereocenters. The van der Waals surface area contributed by atoms with E-state index in [1.807, 2.05) is 121 Å². The summed E-state index contributed by atoms with van der Waals surface area (Å²) in [6.07, 6.45) is 0. The normalized spacial score (nSPS) is 14.4. The topological polar surface area (TPSA) is 41.6 Å². The largest absolute Gasteiger partial charge is 0.454 e. The molecule has 0 aliphatic rings. The van der Waals surface area contributed by atoms with Gasteiger partial charge in [0, 0.05) is 76.0 Å². The number of rotatable bonds is 6. The van der Waals surface area contributed by atoms with Crippen LogP contribution < -0.4 is 9.80 Å². The minimum atomic E-state index is -0.489. The third-order valence-electron chi connectivity index (χ3n) is 14.9. The lowest BCUT2D eigenvalue weighted by molar-refractivity contribution is 0.669. The van der Waals surface area contributed by atoms with Crippen LogP contribution in [0.4, 0.5) is 34.1 Å². The predicted octanol–water partition coefficient (Wildman–Crippen LogP) is 18.7. The van der Waals surface area contributed by atoms with E-state index >= 15 is 0 Å². The van der Waals surface area contributed by atoms with Gasteiger partial charge in [-0.1, -0.05) is 145 Å². The molecule has 0 spiro atoms. The highest BCUT2D eigenvalue weighted by molar-refractivity contribution is 6.32. The van der Waals surface area contributed by atoms with Crippen LogP contribution in [0.5, 0.6) is 0 Å². The first-order chi connectivity index (χ1) is 39.9. The Hall–Kier alpha value is -9.78. The van der Waals surface area contributed by atoms with Crippen molar-refractivity contribution >= 4 is 154 Å². The van der Waals surface area contributed by atoms with Crippen LogP contribution in [0.25, 0.3) is 120 Å². The molecule has 0 fully saturated rings. The van der Waals surface area contributed by atoms with Crippen molar-refractivity contribution < 1.29 is 22.5 Å². The number of nitrogens with zero attached hydrogens (tertiary/aromatic N) is 4. The summed E-state index contributed by atoms with van der Waals surface area (Å²) in [7, 11) is 0. The predicted molar refractivity (Wildman–Crippen MR) is 300 cm³/mol. The molecule has 17 aromatic rings. The van der Waals surface area contributed by atoms with Gasteiger partial charge in [-0.15, -0.1) is 0 Å². The number of hydrogen-bond donors (Lipinski definition) is 0. The number of furan rings is 2. The molecule has 72 heavy (non-hydrogen) atoms. The van der Waals surface area contributed by atoms with Gasteiger partial charge >= 0.3 is 0 Å². The van der Waals surface area contributed by atoms with E-state index in [9.17, 15) is 5.48 Å². The number of hydrogen-bond acceptors (Lipinski definition) is 4. The monoisotopic (exact) mass is 928 g/mol. The van der Waals surface area contributed by atoms with Gasteiger partial charge in [-0.25, -0.2) is 0 Å². The van der Waals surface area contributed by atoms with Crippen LogP contribution in [0.15, 0.2) is 239 Å². The third kappa shape index (κ3) is 4.87. The zero-order valence-corrected chi connectivity index (χ0v) is 37.8. The van der Waals surface area contributed by atoms with Crippen LogP contribution in [-0.2, 0) is 0 Å². The van der Waals surface area contributed by atoms with Crippen molar-refractivity contribution in [2.75, 3.05) is 9.80 Å². The number of para-hydroxylation sites is 8. The summed E-state index contributed by atoms with van der Waals surface area (Å²) in [5, 5.41) is 10.6. The Labute approximate surface area is 424 Å². The quantitative estimate of drug-likeness (QED) is 0.167. The van der Waals surface area contributed by atoms with Gasteiger partial charge in [0.25, 0.3) is 0 Å². The number of fused-ring (bicyclic) bond motifs is 18. The van der Waals surface area contributed by atoms with Crippen molar-refractivity contribution in [3.63, 3.8) is 0 Å². The molecule has 0 N–H and O–H groups in total. The van der Waals surface area contributed by atoms with Gasteiger partial charge in [0.05, 0.1) is 69.6 Å². The lowest BCUT2D eigenvalue weighted by atomic mass is 10.0. The Morgan fingerprint density at radius 3 is 1.18 bits per heavy atom. The molecule has 0 amide bonds. The molecule has 11 aromatic carbocycles. The van der Waals surface area contributed by atoms with E-state index in [1.165, 1.54) is 0 Å². The fraction of sp³-hybridized carbons (Fsp3) is 0. The maximum absolute atomic E-state index is 9.46. The van der Waals surface area contributed by atoms with Gasteiger partial charge in [0.15, 0.2) is 11.2 Å². The van der Waals surface area contributed by atoms with Crippen LogP contribution in [0.3, 0.4) is 0 Å². The Morgan fingerprint density at radius 2 is 0.722 bits per heavy atom. The average Bonchev–Trinajstić information content (AvgIpc) is 3.32. The van der Waals surface area contributed by atoms with Crippen molar-refractivity contribution in [1.29, 1.82) is 0 Å². The van der Waals surface area contributed by atoms with Crippen molar-refractivity contribution in [2.24, 2.45) is 0 Å². The first-order valence-corrected chi connectivity index (χ1v) is 23.8. The Kier molecular flexibility index (Phi) is 5.80. The molecule has 17 rings (SSSR count). The van der Waals surface area contributed by atoms with Crippen LogP contribution in [0, 0.1) is 0 Å². The van der Waals surface area contributed by atoms with E-state index in [0.29, 0.717) is 45.1 Å². The first-order valence-electron chi connectivity index (χ1n) is 28.8. The number of anilines is 6. The summed E-state index contributed by atoms with van der Waals surface area (Å²) < 4.78 is 109. The molecule has 0 aliphatic carbocycles. The standard InChI is InChI=1S/C66H38N4O2/c1-3-17-39(18-4-1)67(55-29-15-25-45-41-21-9-13-31-59(41)71-65(45)55)53-35-33-43-49-37-58-50(38-57(49)69-51-27-11-7-23-47(51)61(53)63(43)69)44-34-36-54(62-48-24-8-12-28-52(48)70(58)64(44)62)68(40-19-5-2-6-20-40)56-30-16-26-46-42-22-10-14-32-60(42)72-66(46)56/h1-38H/i1D,2D,3D,4D,5D,6D,17D,18D,19D,20D. The zero-order chi connectivity index (χ0) is 55.5. The molecule has 6 aromatic heterocycles. The molecular weight excluding hydrogens is 881 g/mol. The second-order valence-corrected chi connectivity index (χ2v) is 18.4. The van der Waals surface area contributed by atoms with E-state index in [4.69, 9.17) is 17.1 Å². The number of benzene rings is 11. The van der Waals surface area contributed by atoms with Gasteiger partial charge in [-0.3, -0.25) is 0 Å². The molecule has 0 radical (unpaired) electrons. The highest BCUT2D eigenvalue weighted by Gasteiger charge is 2.29. The smallest absolute Gasteiger partial charge is 0.159 e. The minimum absolute atomic E-state index is 0.0144. The highest BCUT2D eigenvalue weighted by Crippen LogP contribution is 2.53. The molecule has 0 aliphatic heterocycles. The molecular formula is C66H38N4O2. The third-order valence-corrected chi connectivity index (χ3v) is 14.9.